The molecule has 0 saturated heterocycles. The van der Waals surface area contributed by atoms with Crippen LogP contribution in [0.25, 0.3) is 0 Å². The van der Waals surface area contributed by atoms with Crippen molar-refractivity contribution in [3.8, 4) is 0 Å². The Morgan fingerprint density at radius 2 is 1.85 bits per heavy atom. The van der Waals surface area contributed by atoms with Gasteiger partial charge in [0.05, 0.1) is 22.8 Å². The molecule has 0 aliphatic rings. The zero-order valence-electron chi connectivity index (χ0n) is 10.5. The van der Waals surface area contributed by atoms with E-state index in [1.807, 2.05) is 4.72 Å². The molecule has 1 aromatic rings. The van der Waals surface area contributed by atoms with Crippen LogP contribution in [-0.4, -0.2) is 45.7 Å². The monoisotopic (exact) mass is 322 g/mol. The molecule has 0 radical (unpaired) electrons. The molecule has 0 bridgehead atoms. The van der Waals surface area contributed by atoms with Gasteiger partial charge in [0, 0.05) is 11.9 Å². The van der Waals surface area contributed by atoms with Crippen molar-refractivity contribution >= 4 is 37.2 Å². The van der Waals surface area contributed by atoms with Gasteiger partial charge in [-0.1, -0.05) is 0 Å². The van der Waals surface area contributed by atoms with Gasteiger partial charge in [-0.25, -0.2) is 21.6 Å². The van der Waals surface area contributed by atoms with Gasteiger partial charge in [0.2, 0.25) is 10.0 Å². The molecule has 0 aliphatic heterocycles. The molecular weight excluding hydrogens is 308 g/mol. The van der Waals surface area contributed by atoms with E-state index in [4.69, 9.17) is 10.8 Å². The van der Waals surface area contributed by atoms with Gasteiger partial charge >= 0.3 is 5.97 Å². The second kappa shape index (κ2) is 5.67. The normalized spacial score (nSPS) is 12.1. The molecule has 0 spiro atoms. The van der Waals surface area contributed by atoms with E-state index in [0.717, 1.165) is 12.3 Å². The van der Waals surface area contributed by atoms with Crippen LogP contribution in [0.15, 0.2) is 18.2 Å². The van der Waals surface area contributed by atoms with Crippen molar-refractivity contribution in [1.82, 2.24) is 0 Å². The first-order valence-corrected chi connectivity index (χ1v) is 9.02. The van der Waals surface area contributed by atoms with Crippen molar-refractivity contribution in [2.45, 2.75) is 0 Å². The summed E-state index contributed by atoms with van der Waals surface area (Å²) < 4.78 is 47.3. The van der Waals surface area contributed by atoms with Crippen LogP contribution in [-0.2, 0) is 19.9 Å². The summed E-state index contributed by atoms with van der Waals surface area (Å²) >= 11 is 0. The summed E-state index contributed by atoms with van der Waals surface area (Å²) in [5.41, 5.74) is 5.11. The van der Waals surface area contributed by atoms with Crippen LogP contribution in [0.4, 0.5) is 11.4 Å². The third-order valence-corrected chi connectivity index (χ3v) is 4.74. The number of anilines is 2. The molecule has 0 fully saturated rings. The number of sulfonamides is 1. The molecule has 112 valence electrons. The van der Waals surface area contributed by atoms with Gasteiger partial charge in [-0.2, -0.15) is 0 Å². The molecule has 4 N–H and O–H groups in total. The maximum Gasteiger partial charge on any atom is 0.337 e. The predicted molar refractivity (Wildman–Crippen MR) is 74.9 cm³/mol. The zero-order chi connectivity index (χ0) is 15.6. The minimum Gasteiger partial charge on any atom is -0.478 e. The summed E-state index contributed by atoms with van der Waals surface area (Å²) in [4.78, 5) is 11.0. The first-order chi connectivity index (χ1) is 9.00. The quantitative estimate of drug-likeness (QED) is 0.613. The van der Waals surface area contributed by atoms with Crippen molar-refractivity contribution in [2.24, 2.45) is 0 Å². The highest BCUT2D eigenvalue weighted by Gasteiger charge is 2.18. The number of nitrogens with two attached hydrogens (primary N) is 1. The summed E-state index contributed by atoms with van der Waals surface area (Å²) in [5, 5.41) is 8.96. The van der Waals surface area contributed by atoms with Gasteiger partial charge in [-0.3, -0.25) is 4.72 Å². The lowest BCUT2D eigenvalue weighted by Gasteiger charge is -2.10. The Morgan fingerprint density at radius 1 is 1.25 bits per heavy atom. The van der Waals surface area contributed by atoms with Gasteiger partial charge in [0.1, 0.15) is 9.84 Å². The second-order valence-electron chi connectivity index (χ2n) is 4.16. The van der Waals surface area contributed by atoms with Crippen LogP contribution < -0.4 is 10.5 Å². The highest BCUT2D eigenvalue weighted by atomic mass is 32.2. The highest BCUT2D eigenvalue weighted by Crippen LogP contribution is 2.20. The van der Waals surface area contributed by atoms with E-state index in [9.17, 15) is 21.6 Å². The molecule has 1 rings (SSSR count). The number of hydrogen-bond acceptors (Lipinski definition) is 6. The van der Waals surface area contributed by atoms with E-state index < -0.39 is 37.3 Å². The third-order valence-electron chi connectivity index (χ3n) is 2.26. The molecule has 0 unspecified atom stereocenters. The minimum atomic E-state index is -3.97. The molecule has 0 heterocycles. The van der Waals surface area contributed by atoms with Crippen LogP contribution in [0.3, 0.4) is 0 Å². The smallest absolute Gasteiger partial charge is 0.337 e. The van der Waals surface area contributed by atoms with Crippen LogP contribution in [0, 0.1) is 0 Å². The van der Waals surface area contributed by atoms with E-state index in [1.54, 1.807) is 0 Å². The van der Waals surface area contributed by atoms with Gasteiger partial charge in [0.15, 0.2) is 0 Å². The van der Waals surface area contributed by atoms with Gasteiger partial charge in [-0.15, -0.1) is 0 Å². The number of sulfone groups is 1. The number of nitrogen functional groups attached to an aromatic ring is 1. The van der Waals surface area contributed by atoms with Gasteiger partial charge in [0.25, 0.3) is 0 Å². The lowest BCUT2D eigenvalue weighted by molar-refractivity contribution is 0.0698. The van der Waals surface area contributed by atoms with E-state index in [-0.39, 0.29) is 16.9 Å². The third kappa shape index (κ3) is 5.05. The van der Waals surface area contributed by atoms with Crippen LogP contribution in [0.2, 0.25) is 0 Å². The number of hydrogen-bond donors (Lipinski definition) is 3. The van der Waals surface area contributed by atoms with Crippen LogP contribution in [0.1, 0.15) is 10.4 Å². The maximum atomic E-state index is 11.7. The van der Waals surface area contributed by atoms with Crippen molar-refractivity contribution in [1.29, 1.82) is 0 Å². The van der Waals surface area contributed by atoms with Crippen molar-refractivity contribution in [3.63, 3.8) is 0 Å². The van der Waals surface area contributed by atoms with Crippen LogP contribution >= 0.6 is 0 Å². The average molecular weight is 322 g/mol. The predicted octanol–water partition coefficient (Wildman–Crippen LogP) is -0.247. The molecule has 8 nitrogen and oxygen atoms in total. The average Bonchev–Trinajstić information content (AvgIpc) is 2.28. The molecule has 1 aromatic carbocycles. The summed E-state index contributed by atoms with van der Waals surface area (Å²) in [6.45, 7) is 0. The van der Waals surface area contributed by atoms with Crippen molar-refractivity contribution < 1.29 is 26.7 Å². The highest BCUT2D eigenvalue weighted by molar-refractivity contribution is 7.95. The van der Waals surface area contributed by atoms with Crippen molar-refractivity contribution in [2.75, 3.05) is 28.2 Å². The molecule has 0 aromatic heterocycles. The number of nitrogens with one attached hydrogen (secondary N) is 1. The molecule has 0 atom stereocenters. The molecule has 0 amide bonds. The zero-order valence-corrected chi connectivity index (χ0v) is 12.2. The number of rotatable bonds is 6. The number of carboxylic acid groups (broad SMARTS) is 1. The van der Waals surface area contributed by atoms with E-state index in [1.165, 1.54) is 12.1 Å². The number of carboxylic acids is 1. The lowest BCUT2D eigenvalue weighted by atomic mass is 10.1. The van der Waals surface area contributed by atoms with Crippen LogP contribution in [0.5, 0.6) is 0 Å². The second-order valence-corrected chi connectivity index (χ2v) is 8.26. The molecule has 10 heteroatoms. The summed E-state index contributed by atoms with van der Waals surface area (Å²) in [5.74, 6) is -2.56. The molecule has 0 saturated carbocycles. The van der Waals surface area contributed by atoms with Gasteiger partial charge < -0.3 is 10.8 Å². The Hall–Kier alpha value is -1.81. The summed E-state index contributed by atoms with van der Waals surface area (Å²) in [7, 11) is -7.41. The molecule has 0 aliphatic carbocycles. The fourth-order valence-corrected chi connectivity index (χ4v) is 4.01. The number of aromatic carboxylic acids is 1. The lowest BCUT2D eigenvalue weighted by Crippen LogP contribution is -2.23. The van der Waals surface area contributed by atoms with E-state index in [0.29, 0.717) is 0 Å². The Labute approximate surface area is 116 Å². The van der Waals surface area contributed by atoms with E-state index in [2.05, 4.69) is 0 Å². The minimum absolute atomic E-state index is 0.166. The standard InChI is InChI=1S/C10H14N2O6S2/c1-19(15,16)4-5-20(17,18)12-9-3-2-7(11)6-8(9)10(13)14/h2-3,6,12H,4-5,11H2,1H3,(H,13,14). The molecular formula is C10H14N2O6S2. The fourth-order valence-electron chi connectivity index (χ4n) is 1.31. The Balaban J connectivity index is 3.01. The first kappa shape index (κ1) is 16.2. The SMILES string of the molecule is CS(=O)(=O)CCS(=O)(=O)Nc1ccc(N)cc1C(=O)O. The maximum absolute atomic E-state index is 11.7. The van der Waals surface area contributed by atoms with Gasteiger partial charge in [-0.05, 0) is 18.2 Å². The number of benzene rings is 1. The Bertz CT molecular complexity index is 724. The van der Waals surface area contributed by atoms with Crippen molar-refractivity contribution in [3.05, 3.63) is 23.8 Å². The first-order valence-electron chi connectivity index (χ1n) is 5.31. The van der Waals surface area contributed by atoms with E-state index >= 15 is 0 Å². The summed E-state index contributed by atoms with van der Waals surface area (Å²) in [6.07, 6.45) is 0.911. The Kier molecular flexibility index (Phi) is 4.61. The molecule has 20 heavy (non-hydrogen) atoms. The largest absolute Gasteiger partial charge is 0.478 e. The fraction of sp³-hybridized carbons (Fsp3) is 0.300. The topological polar surface area (TPSA) is 144 Å². The Morgan fingerprint density at radius 3 is 2.35 bits per heavy atom. The number of carbonyl (C=O) groups is 1. The summed E-state index contributed by atoms with van der Waals surface area (Å²) in [6, 6.07) is 3.65.